The van der Waals surface area contributed by atoms with Gasteiger partial charge >= 0.3 is 41.5 Å². The van der Waals surface area contributed by atoms with Crippen LogP contribution in [0, 0.1) is 42.9 Å². The Morgan fingerprint density at radius 1 is 0.759 bits per heavy atom. The van der Waals surface area contributed by atoms with Gasteiger partial charge in [-0.2, -0.15) is 17.7 Å². The van der Waals surface area contributed by atoms with Gasteiger partial charge in [0, 0.05) is 34.0 Å². The van der Waals surface area contributed by atoms with Crippen LogP contribution in [0.3, 0.4) is 0 Å². The van der Waals surface area contributed by atoms with Crippen LogP contribution in [0.15, 0.2) is 30.3 Å². The Bertz CT molecular complexity index is 441. The van der Waals surface area contributed by atoms with Crippen LogP contribution in [0.2, 0.25) is 0 Å². The molecular weight excluding hydrogens is 445 g/mol. The normalized spacial score (nSPS) is 13.8. The molecule has 0 amide bonds. The van der Waals surface area contributed by atoms with Gasteiger partial charge in [-0.1, -0.05) is 40.7 Å². The number of aliphatic hydroxyl groups is 2. The Kier molecular flexibility index (Phi) is 37.2. The van der Waals surface area contributed by atoms with Gasteiger partial charge in [-0.25, -0.2) is 0 Å². The fraction of sp³-hybridized carbons (Fsp3) is 0.391. The smallest absolute Gasteiger partial charge is 0 e. The van der Waals surface area contributed by atoms with Crippen molar-refractivity contribution in [3.63, 3.8) is 0 Å². The molecule has 1 N–H and O–H groups in total. The second-order valence-corrected chi connectivity index (χ2v) is 5.45. The molecule has 6 heteroatoms. The van der Waals surface area contributed by atoms with Gasteiger partial charge in [-0.15, -0.1) is 12.1 Å². The SMILES string of the molecule is CC[OH+]CC.C[C]1[C](C)[C](C)[C](C)[C]1C.O=[C-]c1ccccc1.[C-]#[O+].[C-]#[O+].[Li+].[Tc]. The molecule has 0 heterocycles. The van der Waals surface area contributed by atoms with Crippen LogP contribution in [0.4, 0.5) is 0 Å². The average molecular weight is 476 g/mol. The van der Waals surface area contributed by atoms with Crippen molar-refractivity contribution in [1.82, 2.24) is 0 Å². The molecule has 0 saturated heterocycles. The predicted octanol–water partition coefficient (Wildman–Crippen LogP) is 1.60. The number of carbonyl (C=O) groups excluding carboxylic acids is 1. The molecule has 1 aromatic rings. The van der Waals surface area contributed by atoms with Crippen LogP contribution in [0.1, 0.15) is 54.0 Å². The number of hydrogen-bond acceptors (Lipinski definition) is 1. The van der Waals surface area contributed by atoms with Gasteiger partial charge in [0.1, 0.15) is 13.2 Å². The Hall–Kier alpha value is -0.423. The molecule has 1 saturated carbocycles. The van der Waals surface area contributed by atoms with Crippen molar-refractivity contribution in [2.24, 2.45) is 0 Å². The zero-order valence-electron chi connectivity index (χ0n) is 18.9. The first-order chi connectivity index (χ1) is 12.9. The van der Waals surface area contributed by atoms with E-state index in [0.717, 1.165) is 13.2 Å². The van der Waals surface area contributed by atoms with E-state index in [1.54, 1.807) is 30.6 Å². The van der Waals surface area contributed by atoms with Crippen molar-refractivity contribution in [1.29, 1.82) is 0 Å². The first-order valence-electron chi connectivity index (χ1n) is 8.57. The second-order valence-electron chi connectivity index (χ2n) is 5.45. The molecule has 0 aromatic heterocycles. The summed E-state index contributed by atoms with van der Waals surface area (Å²) in [4.78, 5) is 9.88. The summed E-state index contributed by atoms with van der Waals surface area (Å²) in [6, 6.07) is 8.90. The molecule has 4 nitrogen and oxygen atoms in total. The third kappa shape index (κ3) is 18.1. The number of hydrogen-bond donors (Lipinski definition) is 0. The van der Waals surface area contributed by atoms with Gasteiger partial charge in [-0.05, 0) is 29.6 Å². The Morgan fingerprint density at radius 3 is 1.17 bits per heavy atom. The number of ether oxygens (including phenoxy) is 1. The molecule has 2 rings (SSSR count). The van der Waals surface area contributed by atoms with Crippen LogP contribution in [0.25, 0.3) is 0 Å². The molecule has 0 spiro atoms. The van der Waals surface area contributed by atoms with E-state index in [1.807, 2.05) is 19.9 Å². The van der Waals surface area contributed by atoms with E-state index >= 15 is 0 Å². The maximum atomic E-state index is 9.88. The summed E-state index contributed by atoms with van der Waals surface area (Å²) < 4.78 is 19.0. The number of rotatable bonds is 3. The molecule has 0 bridgehead atoms. The summed E-state index contributed by atoms with van der Waals surface area (Å²) in [5.41, 5.74) is 0.604. The third-order valence-corrected chi connectivity index (χ3v) is 4.15. The van der Waals surface area contributed by atoms with Crippen molar-refractivity contribution in [3.05, 3.63) is 78.8 Å². The van der Waals surface area contributed by atoms with Crippen LogP contribution in [-0.4, -0.2) is 24.2 Å². The fourth-order valence-electron chi connectivity index (χ4n) is 2.14. The zero-order chi connectivity index (χ0) is 21.8. The topological polar surface area (TPSA) is 69.7 Å². The fourth-order valence-corrected chi connectivity index (χ4v) is 2.14. The minimum atomic E-state index is 0. The summed E-state index contributed by atoms with van der Waals surface area (Å²) in [7, 11) is 0. The number of benzene rings is 1. The summed E-state index contributed by atoms with van der Waals surface area (Å²) in [6.07, 6.45) is 1.78. The molecule has 1 aromatic carbocycles. The quantitative estimate of drug-likeness (QED) is 0.371. The first-order valence-corrected chi connectivity index (χ1v) is 8.57. The Balaban J connectivity index is -0.0000000918. The summed E-state index contributed by atoms with van der Waals surface area (Å²) >= 11 is 0. The molecule has 0 unspecified atom stereocenters. The van der Waals surface area contributed by atoms with Crippen molar-refractivity contribution < 1.29 is 57.8 Å². The molecule has 154 valence electrons. The maximum absolute atomic E-state index is 9.88. The largest absolute Gasteiger partial charge is 1.00 e. The Morgan fingerprint density at radius 2 is 1.03 bits per heavy atom. The predicted molar refractivity (Wildman–Crippen MR) is 107 cm³/mol. The van der Waals surface area contributed by atoms with Gasteiger partial charge in [0.25, 0.3) is 0 Å². The first kappa shape index (κ1) is 39.1. The minimum Gasteiger partial charge on any atom is 0 e. The zero-order valence-corrected chi connectivity index (χ0v) is 20.7. The van der Waals surface area contributed by atoms with Crippen LogP contribution < -0.4 is 18.9 Å². The van der Waals surface area contributed by atoms with Crippen molar-refractivity contribution in [2.75, 3.05) is 13.2 Å². The van der Waals surface area contributed by atoms with Crippen LogP contribution >= 0.6 is 0 Å². The van der Waals surface area contributed by atoms with Crippen molar-refractivity contribution >= 4 is 6.29 Å². The van der Waals surface area contributed by atoms with E-state index in [9.17, 15) is 4.79 Å². The Labute approximate surface area is 203 Å². The maximum Gasteiger partial charge on any atom is 1.00 e. The van der Waals surface area contributed by atoms with Gasteiger partial charge < -0.3 is 9.53 Å². The molecular formula is C23H31LiO4Tc+. The van der Waals surface area contributed by atoms with Gasteiger partial charge in [0.2, 0.25) is 0 Å². The molecule has 0 aliphatic heterocycles. The molecule has 29 heavy (non-hydrogen) atoms. The molecule has 1 aliphatic rings. The van der Waals surface area contributed by atoms with Crippen molar-refractivity contribution in [2.45, 2.75) is 48.5 Å². The van der Waals surface area contributed by atoms with E-state index in [4.69, 9.17) is 9.30 Å². The van der Waals surface area contributed by atoms with Gasteiger partial charge in [0.15, 0.2) is 0 Å². The monoisotopic (exact) mass is 475 g/mol. The summed E-state index contributed by atoms with van der Waals surface area (Å²) in [5, 5.41) is 0. The van der Waals surface area contributed by atoms with Gasteiger partial charge in [-0.3, -0.25) is 0 Å². The second kappa shape index (κ2) is 27.6. The van der Waals surface area contributed by atoms with E-state index in [1.165, 1.54) is 29.6 Å². The van der Waals surface area contributed by atoms with E-state index < -0.39 is 0 Å². The molecule has 0 atom stereocenters. The van der Waals surface area contributed by atoms with E-state index in [2.05, 4.69) is 52.7 Å². The van der Waals surface area contributed by atoms with E-state index in [-0.39, 0.29) is 39.0 Å². The molecule has 6 radical (unpaired) electrons. The summed E-state index contributed by atoms with van der Waals surface area (Å²) in [6.45, 7) is 26.0. The van der Waals surface area contributed by atoms with Gasteiger partial charge in [0.05, 0.1) is 6.29 Å². The minimum absolute atomic E-state index is 0. The van der Waals surface area contributed by atoms with Crippen LogP contribution in [-0.2, 0) is 34.2 Å². The average Bonchev–Trinajstić information content (AvgIpc) is 2.91. The third-order valence-electron chi connectivity index (χ3n) is 4.15. The van der Waals surface area contributed by atoms with Crippen LogP contribution in [0.5, 0.6) is 0 Å². The molecule has 1 aliphatic carbocycles. The van der Waals surface area contributed by atoms with E-state index in [0.29, 0.717) is 5.56 Å². The van der Waals surface area contributed by atoms with Crippen molar-refractivity contribution in [3.8, 4) is 0 Å². The standard InChI is InChI=1S/C10H15.C7H5O.C4H10O.2CO.Li.Tc/c1-6-7(2)9(4)10(5)8(6)3;8-6-7-4-2-1-3-5-7;1-3-5-4-2;2*1-2;;/h1-5H3;1-5H;3-4H2,1-2H3;;;;/q;-1;;;;+1;/p+1. The summed E-state index contributed by atoms with van der Waals surface area (Å²) in [5.74, 6) is 7.34. The molecule has 1 fully saturated rings.